The van der Waals surface area contributed by atoms with Gasteiger partial charge < -0.3 is 4.42 Å². The Labute approximate surface area is 134 Å². The molecule has 1 aromatic rings. The molecule has 2 fully saturated rings. The maximum Gasteiger partial charge on any atom is 0.306 e. The number of hydrogen-bond donors (Lipinski definition) is 1. The highest BCUT2D eigenvalue weighted by Crippen LogP contribution is 2.49. The van der Waals surface area contributed by atoms with Crippen molar-refractivity contribution in [2.75, 3.05) is 0 Å². The van der Waals surface area contributed by atoms with Gasteiger partial charge in [0, 0.05) is 0 Å². The smallest absolute Gasteiger partial charge is 0.306 e. The first kappa shape index (κ1) is 13.8. The second-order valence-corrected chi connectivity index (χ2v) is 6.68. The lowest BCUT2D eigenvalue weighted by atomic mass is 9.63. The molecule has 0 radical (unpaired) electrons. The van der Waals surface area contributed by atoms with Gasteiger partial charge in [0.25, 0.3) is 11.8 Å². The lowest BCUT2D eigenvalue weighted by molar-refractivity contribution is -0.143. The number of nitrogens with one attached hydrogen (secondary N) is 1. The molecule has 3 aliphatic carbocycles. The number of carbonyl (C=O) groups is 3. The second-order valence-electron chi connectivity index (χ2n) is 5.90. The van der Waals surface area contributed by atoms with Crippen LogP contribution in [0.5, 0.6) is 0 Å². The number of hydrogen-bond acceptors (Lipinski definition) is 4. The number of nitrogens with zero attached hydrogens (tertiary/aromatic N) is 1. The molecule has 6 nitrogen and oxygen atoms in total. The number of hydrazine groups is 1. The highest BCUT2D eigenvalue weighted by Gasteiger charge is 2.57. The van der Waals surface area contributed by atoms with Gasteiger partial charge in [-0.3, -0.25) is 19.8 Å². The summed E-state index contributed by atoms with van der Waals surface area (Å²) in [6.45, 7) is 0. The van der Waals surface area contributed by atoms with Crippen molar-refractivity contribution in [1.82, 2.24) is 10.4 Å². The number of fused-ring (bicyclic) bond motifs is 1. The lowest BCUT2D eigenvalue weighted by Crippen LogP contribution is -2.46. The van der Waals surface area contributed by atoms with E-state index in [1.807, 2.05) is 12.2 Å². The molecule has 4 aliphatic rings. The molecule has 1 saturated carbocycles. The van der Waals surface area contributed by atoms with E-state index >= 15 is 0 Å². The van der Waals surface area contributed by atoms with Crippen molar-refractivity contribution in [3.63, 3.8) is 0 Å². The Morgan fingerprint density at radius 1 is 1.14 bits per heavy atom. The Morgan fingerprint density at radius 3 is 2.18 bits per heavy atom. The van der Waals surface area contributed by atoms with Crippen LogP contribution in [0.3, 0.4) is 0 Å². The summed E-state index contributed by atoms with van der Waals surface area (Å²) in [5.41, 5.74) is 2.39. The van der Waals surface area contributed by atoms with Crippen molar-refractivity contribution < 1.29 is 18.8 Å². The van der Waals surface area contributed by atoms with Crippen LogP contribution in [0.2, 0.25) is 0 Å². The Hall–Kier alpha value is -1.89. The minimum absolute atomic E-state index is 0.0449. The zero-order valence-corrected chi connectivity index (χ0v) is 13.1. The van der Waals surface area contributed by atoms with E-state index in [2.05, 4.69) is 21.4 Å². The first-order valence-electron chi connectivity index (χ1n) is 7.18. The molecular formula is C15H13BrN2O4. The molecule has 1 aliphatic heterocycles. The number of allylic oxidation sites excluding steroid dienone is 2. The minimum atomic E-state index is -0.605. The Morgan fingerprint density at radius 2 is 1.73 bits per heavy atom. The number of carbonyl (C=O) groups excluding carboxylic acids is 3. The molecule has 5 rings (SSSR count). The van der Waals surface area contributed by atoms with Gasteiger partial charge in [0.05, 0.1) is 11.8 Å². The van der Waals surface area contributed by atoms with Crippen LogP contribution in [-0.4, -0.2) is 22.7 Å². The van der Waals surface area contributed by atoms with Crippen molar-refractivity contribution in [3.8, 4) is 0 Å². The quantitative estimate of drug-likeness (QED) is 0.641. The molecule has 7 heteroatoms. The third-order valence-electron chi connectivity index (χ3n) is 4.77. The molecule has 1 saturated heterocycles. The molecule has 0 aromatic carbocycles. The van der Waals surface area contributed by atoms with Crippen LogP contribution in [0, 0.1) is 23.7 Å². The van der Waals surface area contributed by atoms with Gasteiger partial charge in [-0.2, -0.15) is 5.01 Å². The fraction of sp³-hybridized carbons (Fsp3) is 0.400. The van der Waals surface area contributed by atoms with E-state index < -0.39 is 5.91 Å². The van der Waals surface area contributed by atoms with Crippen molar-refractivity contribution >= 4 is 33.7 Å². The molecule has 1 aromatic heterocycles. The van der Waals surface area contributed by atoms with Crippen LogP contribution in [0.1, 0.15) is 23.4 Å². The number of imide groups is 1. The molecular weight excluding hydrogens is 352 g/mol. The van der Waals surface area contributed by atoms with Gasteiger partial charge in [-0.05, 0) is 52.7 Å². The van der Waals surface area contributed by atoms with Crippen LogP contribution in [0.4, 0.5) is 0 Å². The minimum Gasteiger partial charge on any atom is -0.444 e. The van der Waals surface area contributed by atoms with Crippen LogP contribution in [0.15, 0.2) is 33.4 Å². The summed E-state index contributed by atoms with van der Waals surface area (Å²) in [5, 5.41) is 0.881. The summed E-state index contributed by atoms with van der Waals surface area (Å²) in [4.78, 5) is 37.2. The summed E-state index contributed by atoms with van der Waals surface area (Å²) >= 11 is 3.11. The molecule has 3 amide bonds. The average Bonchev–Trinajstić information content (AvgIpc) is 3.07. The van der Waals surface area contributed by atoms with E-state index in [9.17, 15) is 14.4 Å². The molecule has 2 heterocycles. The van der Waals surface area contributed by atoms with Gasteiger partial charge in [0.2, 0.25) is 0 Å². The Balaban J connectivity index is 1.58. The zero-order valence-electron chi connectivity index (χ0n) is 11.5. The third kappa shape index (κ3) is 1.88. The largest absolute Gasteiger partial charge is 0.444 e. The molecule has 2 bridgehead atoms. The summed E-state index contributed by atoms with van der Waals surface area (Å²) in [7, 11) is 0. The standard InChI is InChI=1S/C15H13BrN2O4/c16-10-6-5-9(22-10)13(19)17-18-14(20)11-7-1-2-8(4-3-7)12(11)15(18)21/h1-2,5-8,11-12H,3-4H2,(H,17,19)/t7-,8-,11-,12-/m0/s1. The number of furan rings is 1. The number of amides is 3. The summed E-state index contributed by atoms with van der Waals surface area (Å²) in [5.74, 6) is -1.65. The van der Waals surface area contributed by atoms with E-state index in [0.717, 1.165) is 17.9 Å². The molecule has 0 unspecified atom stereocenters. The molecule has 1 N–H and O–H groups in total. The van der Waals surface area contributed by atoms with Crippen LogP contribution in [-0.2, 0) is 9.59 Å². The van der Waals surface area contributed by atoms with Gasteiger partial charge >= 0.3 is 5.91 Å². The first-order chi connectivity index (χ1) is 10.6. The lowest BCUT2D eigenvalue weighted by Gasteiger charge is -2.37. The summed E-state index contributed by atoms with van der Waals surface area (Å²) in [6, 6.07) is 3.05. The van der Waals surface area contributed by atoms with Crippen molar-refractivity contribution in [2.24, 2.45) is 23.7 Å². The maximum absolute atomic E-state index is 12.5. The molecule has 4 atom stereocenters. The fourth-order valence-corrected chi connectivity index (χ4v) is 4.08. The predicted octanol–water partition coefficient (Wildman–Crippen LogP) is 1.88. The normalized spacial score (nSPS) is 32.5. The van der Waals surface area contributed by atoms with Crippen molar-refractivity contribution in [2.45, 2.75) is 12.8 Å². The highest BCUT2D eigenvalue weighted by molar-refractivity contribution is 9.10. The summed E-state index contributed by atoms with van der Waals surface area (Å²) < 4.78 is 5.55. The van der Waals surface area contributed by atoms with Gasteiger partial charge in [0.1, 0.15) is 0 Å². The highest BCUT2D eigenvalue weighted by atomic mass is 79.9. The molecule has 22 heavy (non-hydrogen) atoms. The topological polar surface area (TPSA) is 79.6 Å². The van der Waals surface area contributed by atoms with Crippen LogP contribution < -0.4 is 5.43 Å². The molecule has 114 valence electrons. The summed E-state index contributed by atoms with van der Waals surface area (Å²) in [6.07, 6.45) is 5.92. The average molecular weight is 365 g/mol. The SMILES string of the molecule is O=C(NN1C(=O)[C@@H]2[C@@H](C1=O)[C@H]1C=C[C@H]2CC1)c1ccc(Br)o1. The Bertz CT molecular complexity index is 678. The number of halogens is 1. The van der Waals surface area contributed by atoms with Gasteiger partial charge in [-0.25, -0.2) is 0 Å². The van der Waals surface area contributed by atoms with Crippen LogP contribution in [0.25, 0.3) is 0 Å². The number of rotatable bonds is 2. The monoisotopic (exact) mass is 364 g/mol. The predicted molar refractivity (Wildman–Crippen MR) is 78.1 cm³/mol. The van der Waals surface area contributed by atoms with E-state index in [0.29, 0.717) is 4.67 Å². The van der Waals surface area contributed by atoms with Crippen LogP contribution >= 0.6 is 15.9 Å². The van der Waals surface area contributed by atoms with Crippen molar-refractivity contribution in [3.05, 3.63) is 34.7 Å². The second kappa shape index (κ2) is 4.81. The third-order valence-corrected chi connectivity index (χ3v) is 5.20. The van der Waals surface area contributed by atoms with Gasteiger partial charge in [-0.15, -0.1) is 0 Å². The zero-order chi connectivity index (χ0) is 15.4. The van der Waals surface area contributed by atoms with E-state index in [1.54, 1.807) is 6.07 Å². The van der Waals surface area contributed by atoms with Gasteiger partial charge in [-0.1, -0.05) is 12.2 Å². The Kier molecular flexibility index (Phi) is 3.00. The molecule has 0 spiro atoms. The first-order valence-corrected chi connectivity index (χ1v) is 7.98. The van der Waals surface area contributed by atoms with E-state index in [-0.39, 0.29) is 41.2 Å². The van der Waals surface area contributed by atoms with Gasteiger partial charge in [0.15, 0.2) is 10.4 Å². The van der Waals surface area contributed by atoms with Crippen molar-refractivity contribution in [1.29, 1.82) is 0 Å². The maximum atomic E-state index is 12.5. The van der Waals surface area contributed by atoms with E-state index in [1.165, 1.54) is 6.07 Å². The van der Waals surface area contributed by atoms with E-state index in [4.69, 9.17) is 4.42 Å². The fourth-order valence-electron chi connectivity index (χ4n) is 3.78.